The highest BCUT2D eigenvalue weighted by molar-refractivity contribution is 6.27. The lowest BCUT2D eigenvalue weighted by Gasteiger charge is -1.92. The molecule has 0 amide bonds. The molecule has 0 radical (unpaired) electrons. The number of nitrogens with one attached hydrogen (secondary N) is 1. The first-order valence-electron chi connectivity index (χ1n) is 4.41. The maximum Gasteiger partial charge on any atom is 0.414 e. The normalized spacial score (nSPS) is 9.18. The van der Waals surface area contributed by atoms with Crippen molar-refractivity contribution in [1.82, 2.24) is 9.97 Å². The van der Waals surface area contributed by atoms with E-state index in [9.17, 15) is 4.79 Å². The van der Waals surface area contributed by atoms with Gasteiger partial charge in [-0.3, -0.25) is 0 Å². The van der Waals surface area contributed by atoms with E-state index >= 15 is 0 Å². The highest BCUT2D eigenvalue weighted by Gasteiger charge is 2.04. The van der Waals surface area contributed by atoms with Gasteiger partial charge in [-0.2, -0.15) is 0 Å². The molecule has 0 saturated carbocycles. The quantitative estimate of drug-likeness (QED) is 0.557. The van der Waals surface area contributed by atoms with Gasteiger partial charge >= 0.3 is 17.6 Å². The van der Waals surface area contributed by atoms with E-state index in [0.717, 1.165) is 10.9 Å². The van der Waals surface area contributed by atoms with E-state index < -0.39 is 11.9 Å². The van der Waals surface area contributed by atoms with Crippen LogP contribution in [0, 0.1) is 0 Å². The van der Waals surface area contributed by atoms with Crippen LogP contribution in [0.15, 0.2) is 35.3 Å². The molecule has 0 aliphatic heterocycles. The number of para-hydroxylation sites is 1. The van der Waals surface area contributed by atoms with E-state index in [0.29, 0.717) is 0 Å². The molecule has 2 aromatic rings. The maximum absolute atomic E-state index is 10.7. The Balaban J connectivity index is 0.000000209. The van der Waals surface area contributed by atoms with Gasteiger partial charge in [0.1, 0.15) is 0 Å². The van der Waals surface area contributed by atoms with Gasteiger partial charge in [-0.15, -0.1) is 0 Å². The van der Waals surface area contributed by atoms with Crippen LogP contribution in [0.1, 0.15) is 0 Å². The number of carboxylic acids is 2. The second-order valence-electron chi connectivity index (χ2n) is 2.89. The van der Waals surface area contributed by atoms with E-state index in [2.05, 4.69) is 9.97 Å². The van der Waals surface area contributed by atoms with Crippen molar-refractivity contribution >= 4 is 22.8 Å². The number of carbonyl (C=O) groups is 2. The highest BCUT2D eigenvalue weighted by Crippen LogP contribution is 2.05. The Kier molecular flexibility index (Phi) is 3.93. The topological polar surface area (TPSA) is 120 Å². The standard InChI is InChI=1S/C8H6N2O.C2H2O4/c11-8-9-5-6-3-1-2-4-7(6)10-8;3-1(4)2(5)6/h1-5H,(H,9,10,11);(H,3,4)(H,5,6). The van der Waals surface area contributed by atoms with Gasteiger partial charge in [0.15, 0.2) is 0 Å². The largest absolute Gasteiger partial charge is 0.473 e. The Labute approximate surface area is 94.4 Å². The average Bonchev–Trinajstić information content (AvgIpc) is 2.29. The van der Waals surface area contributed by atoms with Gasteiger partial charge in [0.25, 0.3) is 0 Å². The molecule has 0 fully saturated rings. The summed E-state index contributed by atoms with van der Waals surface area (Å²) < 4.78 is 0. The number of hydrogen-bond donors (Lipinski definition) is 3. The van der Waals surface area contributed by atoms with Crippen LogP contribution >= 0.6 is 0 Å². The fourth-order valence-corrected chi connectivity index (χ4v) is 0.999. The third kappa shape index (κ3) is 3.74. The summed E-state index contributed by atoms with van der Waals surface area (Å²) in [6.45, 7) is 0. The molecule has 0 spiro atoms. The number of carboxylic acid groups (broad SMARTS) is 2. The molecule has 0 aliphatic rings. The maximum atomic E-state index is 10.7. The van der Waals surface area contributed by atoms with E-state index in [1.54, 1.807) is 6.20 Å². The summed E-state index contributed by atoms with van der Waals surface area (Å²) in [6, 6.07) is 7.53. The Morgan fingerprint density at radius 2 is 1.71 bits per heavy atom. The molecule has 0 aliphatic carbocycles. The third-order valence-corrected chi connectivity index (χ3v) is 1.71. The number of H-pyrrole nitrogens is 1. The van der Waals surface area contributed by atoms with Crippen LogP contribution in [-0.2, 0) is 9.59 Å². The lowest BCUT2D eigenvalue weighted by atomic mass is 10.2. The number of nitrogens with zero attached hydrogens (tertiary/aromatic N) is 1. The molecule has 0 atom stereocenters. The zero-order valence-corrected chi connectivity index (χ0v) is 8.45. The van der Waals surface area contributed by atoms with Crippen molar-refractivity contribution in [3.8, 4) is 0 Å². The Morgan fingerprint density at radius 3 is 2.29 bits per heavy atom. The third-order valence-electron chi connectivity index (χ3n) is 1.71. The predicted octanol–water partition coefficient (Wildman–Crippen LogP) is 0.0787. The van der Waals surface area contributed by atoms with Crippen LogP contribution < -0.4 is 5.69 Å². The Hall–Kier alpha value is -2.70. The van der Waals surface area contributed by atoms with E-state index in [-0.39, 0.29) is 5.69 Å². The van der Waals surface area contributed by atoms with Crippen molar-refractivity contribution in [2.24, 2.45) is 0 Å². The van der Waals surface area contributed by atoms with Gasteiger partial charge in [-0.25, -0.2) is 19.4 Å². The zero-order chi connectivity index (χ0) is 12.8. The van der Waals surface area contributed by atoms with Gasteiger partial charge in [-0.1, -0.05) is 18.2 Å². The summed E-state index contributed by atoms with van der Waals surface area (Å²) >= 11 is 0. The summed E-state index contributed by atoms with van der Waals surface area (Å²) in [5, 5.41) is 15.7. The molecule has 1 aromatic carbocycles. The monoisotopic (exact) mass is 236 g/mol. The van der Waals surface area contributed by atoms with Gasteiger partial charge in [-0.05, 0) is 6.07 Å². The van der Waals surface area contributed by atoms with Crippen LogP contribution in [0.4, 0.5) is 0 Å². The fraction of sp³-hybridized carbons (Fsp3) is 0. The first kappa shape index (κ1) is 12.4. The van der Waals surface area contributed by atoms with Crippen LogP contribution in [0.25, 0.3) is 10.9 Å². The summed E-state index contributed by atoms with van der Waals surface area (Å²) in [5.41, 5.74) is 0.524. The minimum Gasteiger partial charge on any atom is -0.473 e. The molecule has 2 rings (SSSR count). The molecule has 0 saturated heterocycles. The average molecular weight is 236 g/mol. The number of aliphatic carboxylic acids is 2. The molecule has 7 heteroatoms. The van der Waals surface area contributed by atoms with Gasteiger partial charge in [0.05, 0.1) is 5.52 Å². The van der Waals surface area contributed by atoms with Crippen LogP contribution in [0.5, 0.6) is 0 Å². The number of rotatable bonds is 0. The van der Waals surface area contributed by atoms with Gasteiger partial charge in [0, 0.05) is 11.6 Å². The second-order valence-corrected chi connectivity index (χ2v) is 2.89. The van der Waals surface area contributed by atoms with Crippen molar-refractivity contribution < 1.29 is 19.8 Å². The number of fused-ring (bicyclic) bond motifs is 1. The first-order valence-corrected chi connectivity index (χ1v) is 4.41. The summed E-state index contributed by atoms with van der Waals surface area (Å²) in [6.07, 6.45) is 1.56. The Bertz CT molecular complexity index is 593. The Morgan fingerprint density at radius 1 is 1.12 bits per heavy atom. The minimum absolute atomic E-state index is 0.302. The summed E-state index contributed by atoms with van der Waals surface area (Å²) in [5.74, 6) is -3.65. The van der Waals surface area contributed by atoms with E-state index in [1.165, 1.54) is 0 Å². The molecule has 88 valence electrons. The SMILES string of the molecule is O=C(O)C(=O)O.O=c1ncc2ccccc2[nH]1. The molecular weight excluding hydrogens is 228 g/mol. The van der Waals surface area contributed by atoms with Crippen molar-refractivity contribution in [2.45, 2.75) is 0 Å². The fourth-order valence-electron chi connectivity index (χ4n) is 0.999. The molecule has 0 unspecified atom stereocenters. The number of aromatic amines is 1. The minimum atomic E-state index is -1.82. The van der Waals surface area contributed by atoms with Crippen molar-refractivity contribution in [3.63, 3.8) is 0 Å². The van der Waals surface area contributed by atoms with Crippen molar-refractivity contribution in [2.75, 3.05) is 0 Å². The molecule has 3 N–H and O–H groups in total. The van der Waals surface area contributed by atoms with Gasteiger partial charge in [0.2, 0.25) is 0 Å². The summed E-state index contributed by atoms with van der Waals surface area (Å²) in [4.78, 5) is 35.1. The zero-order valence-electron chi connectivity index (χ0n) is 8.45. The van der Waals surface area contributed by atoms with Gasteiger partial charge < -0.3 is 15.2 Å². The highest BCUT2D eigenvalue weighted by atomic mass is 16.4. The number of benzene rings is 1. The molecule has 0 bridgehead atoms. The molecule has 7 nitrogen and oxygen atoms in total. The second kappa shape index (κ2) is 5.40. The molecular formula is C10H8N2O5. The molecule has 1 aromatic heterocycles. The van der Waals surface area contributed by atoms with E-state index in [4.69, 9.17) is 19.8 Å². The van der Waals surface area contributed by atoms with Crippen LogP contribution in [-0.4, -0.2) is 32.1 Å². The van der Waals surface area contributed by atoms with Crippen molar-refractivity contribution in [1.29, 1.82) is 0 Å². The molecule has 1 heterocycles. The smallest absolute Gasteiger partial charge is 0.414 e. The lowest BCUT2D eigenvalue weighted by molar-refractivity contribution is -0.159. The lowest BCUT2D eigenvalue weighted by Crippen LogP contribution is -2.09. The van der Waals surface area contributed by atoms with Crippen LogP contribution in [0.2, 0.25) is 0 Å². The van der Waals surface area contributed by atoms with Crippen LogP contribution in [0.3, 0.4) is 0 Å². The van der Waals surface area contributed by atoms with Crippen molar-refractivity contribution in [3.05, 3.63) is 40.9 Å². The number of hydrogen-bond acceptors (Lipinski definition) is 4. The predicted molar refractivity (Wildman–Crippen MR) is 57.6 cm³/mol. The molecule has 17 heavy (non-hydrogen) atoms. The number of aromatic nitrogens is 2. The summed E-state index contributed by atoms with van der Waals surface area (Å²) in [7, 11) is 0. The first-order chi connectivity index (χ1) is 8.00. The van der Waals surface area contributed by atoms with E-state index in [1.807, 2.05) is 24.3 Å².